The van der Waals surface area contributed by atoms with E-state index in [1.807, 2.05) is 41.1 Å². The number of nitrogens with zero attached hydrogens (tertiary/aromatic N) is 4. The third-order valence-electron chi connectivity index (χ3n) is 6.38. The van der Waals surface area contributed by atoms with Crippen molar-refractivity contribution in [2.45, 2.75) is 18.4 Å². The summed E-state index contributed by atoms with van der Waals surface area (Å²) in [6.45, 7) is 3.74. The SMILES string of the molecule is NC(=O)N1CCN(c2ccc(OC[C@H]3CO[C@](Cn4ccnc4)(c4ccc(Cl)cc4Cl)O3)cc2)CC1. The summed E-state index contributed by atoms with van der Waals surface area (Å²) >= 11 is 12.6. The first kappa shape index (κ1) is 24.7. The summed E-state index contributed by atoms with van der Waals surface area (Å²) in [6.07, 6.45) is 4.95. The highest BCUT2D eigenvalue weighted by Crippen LogP contribution is 2.40. The molecule has 190 valence electrons. The van der Waals surface area contributed by atoms with Gasteiger partial charge in [0.25, 0.3) is 0 Å². The standard InChI is InChI=1S/C25H27Cl2N5O4/c26-18-1-6-22(23(27)13-18)25(16-30-8-7-29-17-30)35-15-21(36-25)14-34-20-4-2-19(3-5-20)31-9-11-32(12-10-31)24(28)33/h1-8,13,17,21H,9-12,14-16H2,(H2,28,33)/t21-,25-/m0/s1. The number of piperazine rings is 1. The number of primary amides is 1. The van der Waals surface area contributed by atoms with Crippen LogP contribution < -0.4 is 15.4 Å². The number of carbonyl (C=O) groups excluding carboxylic acids is 1. The Morgan fingerprint density at radius 1 is 1.14 bits per heavy atom. The molecule has 2 aliphatic rings. The molecular formula is C25H27Cl2N5O4. The summed E-state index contributed by atoms with van der Waals surface area (Å²) in [5, 5.41) is 1.01. The fourth-order valence-electron chi connectivity index (χ4n) is 4.50. The van der Waals surface area contributed by atoms with Crippen LogP contribution in [0.4, 0.5) is 10.5 Å². The molecule has 0 unspecified atom stereocenters. The molecule has 2 amide bonds. The molecule has 2 aromatic carbocycles. The van der Waals surface area contributed by atoms with Crippen molar-refractivity contribution in [1.82, 2.24) is 14.5 Å². The van der Waals surface area contributed by atoms with Gasteiger partial charge in [-0.2, -0.15) is 0 Å². The number of nitrogens with two attached hydrogens (primary N) is 1. The zero-order valence-electron chi connectivity index (χ0n) is 19.6. The lowest BCUT2D eigenvalue weighted by Crippen LogP contribution is -2.50. The Morgan fingerprint density at radius 3 is 2.58 bits per heavy atom. The third kappa shape index (κ3) is 5.39. The maximum Gasteiger partial charge on any atom is 0.314 e. The van der Waals surface area contributed by atoms with Gasteiger partial charge < -0.3 is 34.3 Å². The van der Waals surface area contributed by atoms with Crippen LogP contribution in [0.3, 0.4) is 0 Å². The summed E-state index contributed by atoms with van der Waals surface area (Å²) in [7, 11) is 0. The van der Waals surface area contributed by atoms with Gasteiger partial charge in [0.05, 0.1) is 24.5 Å². The molecule has 2 saturated heterocycles. The number of imidazole rings is 1. The molecule has 3 aromatic rings. The Morgan fingerprint density at radius 2 is 1.92 bits per heavy atom. The van der Waals surface area contributed by atoms with E-state index in [0.717, 1.165) is 24.5 Å². The Hall–Kier alpha value is -2.98. The van der Waals surface area contributed by atoms with Crippen LogP contribution in [0.25, 0.3) is 0 Å². The normalized spacial score (nSPS) is 22.1. The lowest BCUT2D eigenvalue weighted by Gasteiger charge is -2.35. The topological polar surface area (TPSA) is 95.1 Å². The van der Waals surface area contributed by atoms with Crippen molar-refractivity contribution in [3.8, 4) is 5.75 Å². The van der Waals surface area contributed by atoms with Gasteiger partial charge in [-0.1, -0.05) is 29.3 Å². The van der Waals surface area contributed by atoms with Gasteiger partial charge >= 0.3 is 6.03 Å². The zero-order valence-corrected chi connectivity index (χ0v) is 21.1. The smallest absolute Gasteiger partial charge is 0.314 e. The van der Waals surface area contributed by atoms with E-state index in [2.05, 4.69) is 9.88 Å². The van der Waals surface area contributed by atoms with Crippen LogP contribution in [0, 0.1) is 0 Å². The number of ether oxygens (including phenoxy) is 3. The largest absolute Gasteiger partial charge is 0.491 e. The lowest BCUT2D eigenvalue weighted by molar-refractivity contribution is -0.189. The van der Waals surface area contributed by atoms with Crippen LogP contribution in [-0.4, -0.2) is 66.0 Å². The molecule has 0 spiro atoms. The highest BCUT2D eigenvalue weighted by atomic mass is 35.5. The molecule has 0 bridgehead atoms. The maximum absolute atomic E-state index is 11.3. The lowest BCUT2D eigenvalue weighted by atomic mass is 10.1. The number of hydrogen-bond donors (Lipinski definition) is 1. The predicted octanol–water partition coefficient (Wildman–Crippen LogP) is 3.74. The van der Waals surface area contributed by atoms with Crippen LogP contribution in [0.5, 0.6) is 5.75 Å². The first-order valence-electron chi connectivity index (χ1n) is 11.7. The Balaban J connectivity index is 1.22. The fourth-order valence-corrected chi connectivity index (χ4v) is 5.06. The van der Waals surface area contributed by atoms with E-state index in [-0.39, 0.29) is 12.1 Å². The minimum absolute atomic E-state index is 0.304. The van der Waals surface area contributed by atoms with E-state index in [9.17, 15) is 4.79 Å². The van der Waals surface area contributed by atoms with Gasteiger partial charge in [-0.3, -0.25) is 0 Å². The number of carbonyl (C=O) groups is 1. The molecule has 1 aromatic heterocycles. The van der Waals surface area contributed by atoms with Gasteiger partial charge in [0.1, 0.15) is 18.5 Å². The van der Waals surface area contributed by atoms with E-state index in [1.165, 1.54) is 0 Å². The first-order chi connectivity index (χ1) is 17.4. The molecule has 2 fully saturated rings. The summed E-state index contributed by atoms with van der Waals surface area (Å²) in [4.78, 5) is 19.3. The van der Waals surface area contributed by atoms with E-state index >= 15 is 0 Å². The molecule has 2 aliphatic heterocycles. The van der Waals surface area contributed by atoms with E-state index < -0.39 is 5.79 Å². The minimum Gasteiger partial charge on any atom is -0.491 e. The van der Waals surface area contributed by atoms with Crippen molar-refractivity contribution in [3.05, 3.63) is 76.8 Å². The predicted molar refractivity (Wildman–Crippen MR) is 136 cm³/mol. The van der Waals surface area contributed by atoms with E-state index in [1.54, 1.807) is 29.6 Å². The molecule has 9 nitrogen and oxygen atoms in total. The summed E-state index contributed by atoms with van der Waals surface area (Å²) in [5.41, 5.74) is 7.14. The van der Waals surface area contributed by atoms with Gasteiger partial charge in [0, 0.05) is 54.8 Å². The Kier molecular flexibility index (Phi) is 7.25. The molecule has 3 heterocycles. The Bertz CT molecular complexity index is 1190. The number of rotatable bonds is 7. The molecule has 11 heteroatoms. The average Bonchev–Trinajstić information content (AvgIpc) is 3.54. The molecule has 0 saturated carbocycles. The van der Waals surface area contributed by atoms with Crippen molar-refractivity contribution in [2.24, 2.45) is 5.73 Å². The van der Waals surface area contributed by atoms with Gasteiger partial charge in [-0.25, -0.2) is 9.78 Å². The molecule has 2 atom stereocenters. The summed E-state index contributed by atoms with van der Waals surface area (Å²) in [6, 6.07) is 12.8. The number of halogens is 2. The number of hydrogen-bond acceptors (Lipinski definition) is 6. The van der Waals surface area contributed by atoms with Gasteiger partial charge in [0.15, 0.2) is 0 Å². The summed E-state index contributed by atoms with van der Waals surface area (Å²) < 4.78 is 20.6. The van der Waals surface area contributed by atoms with Crippen LogP contribution in [-0.2, 0) is 21.8 Å². The quantitative estimate of drug-likeness (QED) is 0.499. The molecule has 0 aliphatic carbocycles. The van der Waals surface area contributed by atoms with Crippen molar-refractivity contribution in [2.75, 3.05) is 44.3 Å². The number of anilines is 1. The molecule has 0 radical (unpaired) electrons. The van der Waals surface area contributed by atoms with Crippen LogP contribution in [0.15, 0.2) is 61.2 Å². The fraction of sp³-hybridized carbons (Fsp3) is 0.360. The molecular weight excluding hydrogens is 505 g/mol. The first-order valence-corrected chi connectivity index (χ1v) is 12.4. The highest BCUT2D eigenvalue weighted by Gasteiger charge is 2.45. The van der Waals surface area contributed by atoms with Crippen LogP contribution >= 0.6 is 23.2 Å². The highest BCUT2D eigenvalue weighted by molar-refractivity contribution is 6.35. The number of benzene rings is 2. The van der Waals surface area contributed by atoms with E-state index in [4.69, 9.17) is 43.1 Å². The second-order valence-corrected chi connectivity index (χ2v) is 9.62. The number of amides is 2. The van der Waals surface area contributed by atoms with Crippen molar-refractivity contribution in [1.29, 1.82) is 0 Å². The van der Waals surface area contributed by atoms with Crippen LogP contribution in [0.1, 0.15) is 5.56 Å². The molecule has 5 rings (SSSR count). The van der Waals surface area contributed by atoms with E-state index in [0.29, 0.717) is 48.5 Å². The Labute approximate surface area is 219 Å². The van der Waals surface area contributed by atoms with Crippen molar-refractivity contribution in [3.63, 3.8) is 0 Å². The average molecular weight is 532 g/mol. The number of urea groups is 1. The third-order valence-corrected chi connectivity index (χ3v) is 6.93. The summed E-state index contributed by atoms with van der Waals surface area (Å²) in [5.74, 6) is -0.359. The molecule has 36 heavy (non-hydrogen) atoms. The second-order valence-electron chi connectivity index (χ2n) is 8.78. The zero-order chi connectivity index (χ0) is 25.1. The maximum atomic E-state index is 11.3. The van der Waals surface area contributed by atoms with Gasteiger partial charge in [-0.15, -0.1) is 0 Å². The monoisotopic (exact) mass is 531 g/mol. The van der Waals surface area contributed by atoms with Gasteiger partial charge in [0.2, 0.25) is 5.79 Å². The number of aromatic nitrogens is 2. The van der Waals surface area contributed by atoms with Crippen LogP contribution in [0.2, 0.25) is 10.0 Å². The minimum atomic E-state index is -1.09. The van der Waals surface area contributed by atoms with Crippen molar-refractivity contribution >= 4 is 34.9 Å². The molecule has 2 N–H and O–H groups in total. The second kappa shape index (κ2) is 10.6. The van der Waals surface area contributed by atoms with Gasteiger partial charge in [-0.05, 0) is 36.4 Å². The van der Waals surface area contributed by atoms with Crippen molar-refractivity contribution < 1.29 is 19.0 Å².